The van der Waals surface area contributed by atoms with Crippen molar-refractivity contribution in [3.8, 4) is 5.75 Å². The summed E-state index contributed by atoms with van der Waals surface area (Å²) in [6.45, 7) is 0.538. The third-order valence-corrected chi connectivity index (χ3v) is 4.05. The van der Waals surface area contributed by atoms with E-state index in [2.05, 4.69) is 10.3 Å². The zero-order chi connectivity index (χ0) is 18.4. The summed E-state index contributed by atoms with van der Waals surface area (Å²) in [5.41, 5.74) is 2.73. The number of para-hydroxylation sites is 2. The van der Waals surface area contributed by atoms with Crippen molar-refractivity contribution in [2.75, 3.05) is 13.2 Å². The molecule has 0 atom stereocenters. The number of amides is 2. The molecule has 0 radical (unpaired) electrons. The summed E-state index contributed by atoms with van der Waals surface area (Å²) < 4.78 is 10.9. The molecule has 0 saturated carbocycles. The number of hydroxylamine groups is 1. The molecular weight excluding hydrogens is 358 g/mol. The molecule has 2 aromatic carbocycles. The van der Waals surface area contributed by atoms with Crippen molar-refractivity contribution in [3.05, 3.63) is 54.4 Å². The highest BCUT2D eigenvalue weighted by Gasteiger charge is 2.13. The van der Waals surface area contributed by atoms with Crippen molar-refractivity contribution >= 4 is 34.0 Å². The highest BCUT2D eigenvalue weighted by molar-refractivity contribution is 8.13. The summed E-state index contributed by atoms with van der Waals surface area (Å²) in [6, 6.07) is 13.9. The van der Waals surface area contributed by atoms with Crippen molar-refractivity contribution in [2.24, 2.45) is 0 Å². The second kappa shape index (κ2) is 8.37. The molecular formula is C17H15N3O5S. The van der Waals surface area contributed by atoms with Gasteiger partial charge in [-0.15, -0.1) is 0 Å². The van der Waals surface area contributed by atoms with Crippen LogP contribution in [-0.4, -0.2) is 34.5 Å². The average Bonchev–Trinajstić information content (AvgIpc) is 3.10. The molecule has 8 nitrogen and oxygen atoms in total. The standard InChI is InChI=1S/C17H15N3O5S/c21-15(16-19-13-3-1-2-4-14(13)25-16)18-9-10-24-11-5-7-12(8-6-11)26-17(22)20-23/h1-8,23H,9-10H2,(H,18,21)(H,20,22). The molecule has 0 unspecified atom stereocenters. The second-order valence-electron chi connectivity index (χ2n) is 5.06. The van der Waals surface area contributed by atoms with Gasteiger partial charge in [-0.1, -0.05) is 12.1 Å². The van der Waals surface area contributed by atoms with Gasteiger partial charge in [0.25, 0.3) is 5.89 Å². The van der Waals surface area contributed by atoms with Crippen LogP contribution in [0, 0.1) is 0 Å². The third-order valence-electron chi connectivity index (χ3n) is 3.27. The van der Waals surface area contributed by atoms with Gasteiger partial charge in [-0.25, -0.2) is 10.5 Å². The maximum Gasteiger partial charge on any atom is 0.307 e. The van der Waals surface area contributed by atoms with Gasteiger partial charge in [-0.2, -0.15) is 0 Å². The minimum absolute atomic E-state index is 0.00902. The number of benzene rings is 2. The first-order valence-electron chi connectivity index (χ1n) is 7.64. The Balaban J connectivity index is 1.44. The van der Waals surface area contributed by atoms with Gasteiger partial charge >= 0.3 is 11.1 Å². The topological polar surface area (TPSA) is 114 Å². The Morgan fingerprint density at radius 2 is 1.92 bits per heavy atom. The summed E-state index contributed by atoms with van der Waals surface area (Å²) >= 11 is 0.854. The van der Waals surface area contributed by atoms with Crippen molar-refractivity contribution in [1.29, 1.82) is 0 Å². The minimum atomic E-state index is -0.569. The maximum atomic E-state index is 12.0. The molecule has 0 aliphatic rings. The summed E-state index contributed by atoms with van der Waals surface area (Å²) in [6.07, 6.45) is 0. The molecule has 1 aromatic heterocycles. The number of aromatic nitrogens is 1. The first kappa shape index (κ1) is 17.8. The molecule has 26 heavy (non-hydrogen) atoms. The van der Waals surface area contributed by atoms with Crippen LogP contribution >= 0.6 is 11.8 Å². The smallest absolute Gasteiger partial charge is 0.307 e. The second-order valence-corrected chi connectivity index (χ2v) is 6.11. The van der Waals surface area contributed by atoms with Gasteiger partial charge < -0.3 is 14.5 Å². The van der Waals surface area contributed by atoms with Gasteiger partial charge in [0.1, 0.15) is 17.9 Å². The number of carbonyl (C=O) groups excluding carboxylic acids is 2. The number of hydrogen-bond donors (Lipinski definition) is 3. The Hall–Kier alpha value is -3.04. The molecule has 134 valence electrons. The number of nitrogens with zero attached hydrogens (tertiary/aromatic N) is 1. The fourth-order valence-electron chi connectivity index (χ4n) is 2.11. The molecule has 0 spiro atoms. The fourth-order valence-corrected chi connectivity index (χ4v) is 2.64. The number of rotatable bonds is 6. The number of ether oxygens (including phenoxy) is 1. The van der Waals surface area contributed by atoms with Gasteiger partial charge in [-0.05, 0) is 48.2 Å². The lowest BCUT2D eigenvalue weighted by atomic mass is 10.3. The first-order chi connectivity index (χ1) is 12.7. The van der Waals surface area contributed by atoms with Crippen LogP contribution in [0.4, 0.5) is 4.79 Å². The Morgan fingerprint density at radius 3 is 2.65 bits per heavy atom. The van der Waals surface area contributed by atoms with Crippen LogP contribution in [0.1, 0.15) is 10.7 Å². The van der Waals surface area contributed by atoms with Crippen LogP contribution in [-0.2, 0) is 0 Å². The van der Waals surface area contributed by atoms with E-state index < -0.39 is 11.1 Å². The largest absolute Gasteiger partial charge is 0.492 e. The predicted molar refractivity (Wildman–Crippen MR) is 94.5 cm³/mol. The highest BCUT2D eigenvalue weighted by atomic mass is 32.2. The van der Waals surface area contributed by atoms with E-state index in [9.17, 15) is 9.59 Å². The molecule has 0 fully saturated rings. The highest BCUT2D eigenvalue weighted by Crippen LogP contribution is 2.21. The molecule has 1 heterocycles. The number of fused-ring (bicyclic) bond motifs is 1. The Morgan fingerprint density at radius 1 is 1.15 bits per heavy atom. The van der Waals surface area contributed by atoms with Gasteiger partial charge in [0, 0.05) is 4.90 Å². The van der Waals surface area contributed by atoms with E-state index in [0.29, 0.717) is 21.7 Å². The van der Waals surface area contributed by atoms with Crippen molar-refractivity contribution in [2.45, 2.75) is 4.90 Å². The van der Waals surface area contributed by atoms with E-state index in [4.69, 9.17) is 14.4 Å². The molecule has 2 amide bonds. The Bertz CT molecular complexity index is 877. The van der Waals surface area contributed by atoms with E-state index in [0.717, 1.165) is 11.8 Å². The fraction of sp³-hybridized carbons (Fsp3) is 0.118. The number of oxazole rings is 1. The van der Waals surface area contributed by atoms with E-state index in [1.54, 1.807) is 41.9 Å². The number of hydrogen-bond acceptors (Lipinski definition) is 7. The summed E-state index contributed by atoms with van der Waals surface area (Å²) in [4.78, 5) is 27.8. The van der Waals surface area contributed by atoms with Gasteiger partial charge in [-0.3, -0.25) is 14.8 Å². The van der Waals surface area contributed by atoms with Gasteiger partial charge in [0.15, 0.2) is 5.58 Å². The van der Waals surface area contributed by atoms with Gasteiger partial charge in [0.05, 0.1) is 6.54 Å². The first-order valence-corrected chi connectivity index (χ1v) is 8.46. The Kier molecular flexibility index (Phi) is 5.72. The molecule has 3 rings (SSSR count). The summed E-state index contributed by atoms with van der Waals surface area (Å²) in [5, 5.41) is 10.6. The molecule has 0 saturated heterocycles. The van der Waals surface area contributed by atoms with Crippen LogP contribution in [0.25, 0.3) is 11.1 Å². The molecule has 3 aromatic rings. The quantitative estimate of drug-likeness (QED) is 0.263. The van der Waals surface area contributed by atoms with Crippen LogP contribution in [0.3, 0.4) is 0 Å². The van der Waals surface area contributed by atoms with Crippen molar-refractivity contribution < 1.29 is 24.0 Å². The molecule has 3 N–H and O–H groups in total. The number of thioether (sulfide) groups is 1. The SMILES string of the molecule is O=C(NO)Sc1ccc(OCCNC(=O)c2nc3ccccc3o2)cc1. The number of carbonyl (C=O) groups is 2. The lowest BCUT2D eigenvalue weighted by Crippen LogP contribution is -2.28. The van der Waals surface area contributed by atoms with Crippen LogP contribution in [0.15, 0.2) is 57.8 Å². The average molecular weight is 373 g/mol. The zero-order valence-corrected chi connectivity index (χ0v) is 14.3. The van der Waals surface area contributed by atoms with Crippen LogP contribution in [0.5, 0.6) is 5.75 Å². The van der Waals surface area contributed by atoms with E-state index in [1.165, 1.54) is 0 Å². The molecule has 0 aliphatic carbocycles. The van der Waals surface area contributed by atoms with Gasteiger partial charge in [0.2, 0.25) is 0 Å². The monoisotopic (exact) mass is 373 g/mol. The molecule has 0 aliphatic heterocycles. The van der Waals surface area contributed by atoms with E-state index >= 15 is 0 Å². The van der Waals surface area contributed by atoms with E-state index in [1.807, 2.05) is 12.1 Å². The minimum Gasteiger partial charge on any atom is -0.492 e. The molecule has 9 heteroatoms. The Labute approximate surface area is 152 Å². The maximum absolute atomic E-state index is 12.0. The van der Waals surface area contributed by atoms with E-state index in [-0.39, 0.29) is 19.0 Å². The van der Waals surface area contributed by atoms with Crippen LogP contribution < -0.4 is 15.5 Å². The zero-order valence-electron chi connectivity index (χ0n) is 13.5. The summed E-state index contributed by atoms with van der Waals surface area (Å²) in [7, 11) is 0. The van der Waals surface area contributed by atoms with Crippen molar-refractivity contribution in [3.63, 3.8) is 0 Å². The molecule has 0 bridgehead atoms. The summed E-state index contributed by atoms with van der Waals surface area (Å²) in [5.74, 6) is 0.191. The van der Waals surface area contributed by atoms with Crippen molar-refractivity contribution in [1.82, 2.24) is 15.8 Å². The lowest BCUT2D eigenvalue weighted by molar-refractivity contribution is 0.0914. The van der Waals surface area contributed by atoms with Crippen LogP contribution in [0.2, 0.25) is 0 Å². The predicted octanol–water partition coefficient (Wildman–Crippen LogP) is 2.83. The third kappa shape index (κ3) is 4.52. The normalized spacial score (nSPS) is 10.5. The number of nitrogens with one attached hydrogen (secondary N) is 2. The lowest BCUT2D eigenvalue weighted by Gasteiger charge is -2.07.